The van der Waals surface area contributed by atoms with Crippen molar-refractivity contribution in [2.24, 2.45) is 0 Å². The third kappa shape index (κ3) is 3.86. The number of fused-ring (bicyclic) bond motifs is 2. The fourth-order valence-electron chi connectivity index (χ4n) is 3.62. The molecule has 0 aliphatic carbocycles. The summed E-state index contributed by atoms with van der Waals surface area (Å²) < 4.78 is 11.4. The van der Waals surface area contributed by atoms with Gasteiger partial charge in [0.05, 0.1) is 0 Å². The maximum absolute atomic E-state index is 13.0. The van der Waals surface area contributed by atoms with Gasteiger partial charge in [-0.05, 0) is 23.1 Å². The molecule has 3 aromatic rings. The van der Waals surface area contributed by atoms with Gasteiger partial charge in [-0.25, -0.2) is 0 Å². The highest BCUT2D eigenvalue weighted by atomic mass is 16.5. The lowest BCUT2D eigenvalue weighted by atomic mass is 9.86. The summed E-state index contributed by atoms with van der Waals surface area (Å²) in [5.41, 5.74) is 3.17. The second kappa shape index (κ2) is 7.79. The van der Waals surface area contributed by atoms with Crippen molar-refractivity contribution in [1.29, 1.82) is 0 Å². The summed E-state index contributed by atoms with van der Waals surface area (Å²) in [6.45, 7) is 6.06. The molecule has 0 unspecified atom stereocenters. The summed E-state index contributed by atoms with van der Waals surface area (Å²) in [5, 5.41) is 0. The van der Waals surface area contributed by atoms with Crippen molar-refractivity contribution < 1.29 is 19.1 Å². The Kier molecular flexibility index (Phi) is 5.17. The molecule has 1 heterocycles. The van der Waals surface area contributed by atoms with E-state index in [0.29, 0.717) is 17.1 Å². The van der Waals surface area contributed by atoms with Gasteiger partial charge in [-0.3, -0.25) is 9.59 Å². The van der Waals surface area contributed by atoms with Crippen molar-refractivity contribution in [2.75, 3.05) is 6.61 Å². The molecule has 0 fully saturated rings. The fourth-order valence-corrected chi connectivity index (χ4v) is 3.62. The number of benzene rings is 3. The van der Waals surface area contributed by atoms with Gasteiger partial charge in [-0.15, -0.1) is 0 Å². The van der Waals surface area contributed by atoms with E-state index in [1.807, 2.05) is 60.7 Å². The number of ether oxygens (including phenoxy) is 2. The molecular formula is C26H24O4. The third-order valence-corrected chi connectivity index (χ3v) is 5.33. The third-order valence-electron chi connectivity index (χ3n) is 5.33. The first-order valence-electron chi connectivity index (χ1n) is 10.0. The highest BCUT2D eigenvalue weighted by Crippen LogP contribution is 2.44. The van der Waals surface area contributed by atoms with Crippen molar-refractivity contribution in [3.63, 3.8) is 0 Å². The molecule has 4 nitrogen and oxygen atoms in total. The van der Waals surface area contributed by atoms with Gasteiger partial charge in [0.2, 0.25) is 0 Å². The van der Waals surface area contributed by atoms with Crippen molar-refractivity contribution in [3.05, 3.63) is 95.1 Å². The van der Waals surface area contributed by atoms with Gasteiger partial charge in [0, 0.05) is 16.7 Å². The second-order valence-corrected chi connectivity index (χ2v) is 8.47. The molecule has 0 atom stereocenters. The highest BCUT2D eigenvalue weighted by Gasteiger charge is 2.33. The van der Waals surface area contributed by atoms with E-state index in [2.05, 4.69) is 20.8 Å². The Balaban J connectivity index is 1.51. The molecule has 0 aromatic heterocycles. The summed E-state index contributed by atoms with van der Waals surface area (Å²) in [7, 11) is 0. The SMILES string of the molecule is CC(C)(C)c1ccc(C(=O)COC(=O)C2c3ccccc3Oc3ccccc32)cc1. The Morgan fingerprint density at radius 3 is 1.90 bits per heavy atom. The average Bonchev–Trinajstić information content (AvgIpc) is 2.75. The van der Waals surface area contributed by atoms with Crippen LogP contribution in [0.4, 0.5) is 0 Å². The van der Waals surface area contributed by atoms with Crippen LogP contribution in [0.3, 0.4) is 0 Å². The molecule has 3 aromatic carbocycles. The molecule has 0 saturated carbocycles. The number of para-hydroxylation sites is 2. The number of Topliss-reactive ketones (excluding diaryl/α,β-unsaturated/α-hetero) is 1. The number of hydrogen-bond acceptors (Lipinski definition) is 4. The second-order valence-electron chi connectivity index (χ2n) is 8.47. The van der Waals surface area contributed by atoms with E-state index in [4.69, 9.17) is 9.47 Å². The van der Waals surface area contributed by atoms with E-state index >= 15 is 0 Å². The van der Waals surface area contributed by atoms with Crippen LogP contribution in [0, 0.1) is 0 Å². The summed E-state index contributed by atoms with van der Waals surface area (Å²) in [5.74, 6) is -0.0537. The lowest BCUT2D eigenvalue weighted by Crippen LogP contribution is -2.23. The Morgan fingerprint density at radius 1 is 0.833 bits per heavy atom. The zero-order chi connectivity index (χ0) is 21.3. The predicted molar refractivity (Wildman–Crippen MR) is 115 cm³/mol. The Bertz CT molecular complexity index is 1050. The molecule has 0 saturated heterocycles. The molecule has 1 aliphatic rings. The average molecular weight is 400 g/mol. The number of esters is 1. The zero-order valence-corrected chi connectivity index (χ0v) is 17.3. The van der Waals surface area contributed by atoms with Gasteiger partial charge in [-0.1, -0.05) is 81.4 Å². The zero-order valence-electron chi connectivity index (χ0n) is 17.3. The van der Waals surface area contributed by atoms with Gasteiger partial charge < -0.3 is 9.47 Å². The van der Waals surface area contributed by atoms with Crippen LogP contribution < -0.4 is 4.74 Å². The molecule has 152 valence electrons. The van der Waals surface area contributed by atoms with Crippen LogP contribution in [0.5, 0.6) is 11.5 Å². The summed E-state index contributed by atoms with van der Waals surface area (Å²) in [4.78, 5) is 25.6. The van der Waals surface area contributed by atoms with Crippen LogP contribution >= 0.6 is 0 Å². The lowest BCUT2D eigenvalue weighted by molar-refractivity contribution is -0.143. The van der Waals surface area contributed by atoms with E-state index < -0.39 is 11.9 Å². The van der Waals surface area contributed by atoms with E-state index in [1.165, 1.54) is 0 Å². The number of carbonyl (C=O) groups is 2. The van der Waals surface area contributed by atoms with Crippen molar-refractivity contribution in [3.8, 4) is 11.5 Å². The monoisotopic (exact) mass is 400 g/mol. The molecule has 1 aliphatic heterocycles. The largest absolute Gasteiger partial charge is 0.457 e. The molecule has 4 rings (SSSR count). The maximum Gasteiger partial charge on any atom is 0.318 e. The Hall–Kier alpha value is -3.40. The molecule has 0 radical (unpaired) electrons. The van der Waals surface area contributed by atoms with Crippen LogP contribution in [0.15, 0.2) is 72.8 Å². The number of carbonyl (C=O) groups excluding carboxylic acids is 2. The maximum atomic E-state index is 13.0. The highest BCUT2D eigenvalue weighted by molar-refractivity contribution is 5.98. The Morgan fingerprint density at radius 2 is 1.37 bits per heavy atom. The van der Waals surface area contributed by atoms with Crippen molar-refractivity contribution in [1.82, 2.24) is 0 Å². The van der Waals surface area contributed by atoms with Crippen LogP contribution in [-0.2, 0) is 14.9 Å². The smallest absolute Gasteiger partial charge is 0.318 e. The van der Waals surface area contributed by atoms with E-state index in [0.717, 1.165) is 16.7 Å². The molecular weight excluding hydrogens is 376 g/mol. The molecule has 30 heavy (non-hydrogen) atoms. The van der Waals surface area contributed by atoms with Gasteiger partial charge in [0.1, 0.15) is 17.4 Å². The first kappa shape index (κ1) is 19.9. The number of ketones is 1. The number of rotatable bonds is 4. The molecule has 0 amide bonds. The van der Waals surface area contributed by atoms with Gasteiger partial charge >= 0.3 is 5.97 Å². The first-order valence-corrected chi connectivity index (χ1v) is 10.0. The van der Waals surface area contributed by atoms with E-state index in [1.54, 1.807) is 12.1 Å². The summed E-state index contributed by atoms with van der Waals surface area (Å²) in [6, 6.07) is 22.3. The quantitative estimate of drug-likeness (QED) is 0.420. The fraction of sp³-hybridized carbons (Fsp3) is 0.231. The van der Waals surface area contributed by atoms with Gasteiger partial charge in [0.15, 0.2) is 12.4 Å². The summed E-state index contributed by atoms with van der Waals surface area (Å²) in [6.07, 6.45) is 0. The standard InChI is InChI=1S/C26H24O4/c1-26(2,3)18-14-12-17(13-15-18)21(27)16-29-25(28)24-19-8-4-6-10-22(19)30-23-11-7-5-9-20(23)24/h4-15,24H,16H2,1-3H3. The van der Waals surface area contributed by atoms with Crippen LogP contribution in [-0.4, -0.2) is 18.4 Å². The first-order chi connectivity index (χ1) is 14.3. The van der Waals surface area contributed by atoms with Crippen LogP contribution in [0.25, 0.3) is 0 Å². The van der Waals surface area contributed by atoms with Gasteiger partial charge in [0.25, 0.3) is 0 Å². The van der Waals surface area contributed by atoms with Crippen LogP contribution in [0.2, 0.25) is 0 Å². The van der Waals surface area contributed by atoms with E-state index in [-0.39, 0.29) is 17.8 Å². The predicted octanol–water partition coefficient (Wildman–Crippen LogP) is 5.65. The molecule has 4 heteroatoms. The van der Waals surface area contributed by atoms with E-state index in [9.17, 15) is 9.59 Å². The minimum Gasteiger partial charge on any atom is -0.457 e. The molecule has 0 N–H and O–H groups in total. The topological polar surface area (TPSA) is 52.6 Å². The normalized spacial score (nSPS) is 13.0. The summed E-state index contributed by atoms with van der Waals surface area (Å²) >= 11 is 0. The minimum absolute atomic E-state index is 0.0118. The van der Waals surface area contributed by atoms with Crippen molar-refractivity contribution in [2.45, 2.75) is 32.1 Å². The molecule has 0 bridgehead atoms. The molecule has 0 spiro atoms. The Labute approximate surface area is 176 Å². The van der Waals surface area contributed by atoms with Crippen molar-refractivity contribution >= 4 is 11.8 Å². The minimum atomic E-state index is -0.623. The van der Waals surface area contributed by atoms with Gasteiger partial charge in [-0.2, -0.15) is 0 Å². The number of hydrogen-bond donors (Lipinski definition) is 0. The van der Waals surface area contributed by atoms with Crippen LogP contribution in [0.1, 0.15) is 53.7 Å². The lowest BCUT2D eigenvalue weighted by Gasteiger charge is -2.26.